The number of halogens is 1. The minimum Gasteiger partial charge on any atom is -0.497 e. The van der Waals surface area contributed by atoms with Crippen molar-refractivity contribution in [2.75, 3.05) is 12.4 Å². The van der Waals surface area contributed by atoms with Gasteiger partial charge in [0, 0.05) is 27.7 Å². The maximum atomic E-state index is 12.7. The normalized spacial score (nSPS) is 11.1. The predicted octanol–water partition coefficient (Wildman–Crippen LogP) is 6.12. The lowest BCUT2D eigenvalue weighted by molar-refractivity contribution is 0.0998. The Balaban J connectivity index is 1.44. The van der Waals surface area contributed by atoms with Crippen molar-refractivity contribution in [1.82, 2.24) is 0 Å². The van der Waals surface area contributed by atoms with Crippen LogP contribution in [0.5, 0.6) is 5.75 Å². The fraction of sp³-hybridized carbons (Fsp3) is 0.0400. The third-order valence-electron chi connectivity index (χ3n) is 5.06. The van der Waals surface area contributed by atoms with Crippen LogP contribution in [0.4, 0.5) is 5.69 Å². The molecule has 0 radical (unpaired) electrons. The summed E-state index contributed by atoms with van der Waals surface area (Å²) in [5.41, 5.74) is 1.97. The summed E-state index contributed by atoms with van der Waals surface area (Å²) in [4.78, 5) is 25.4. The lowest BCUT2D eigenvalue weighted by atomic mass is 10.1. The quantitative estimate of drug-likeness (QED) is 0.360. The first-order valence-corrected chi connectivity index (χ1v) is 10.1. The summed E-state index contributed by atoms with van der Waals surface area (Å²) < 4.78 is 16.7. The minimum absolute atomic E-state index is 0.143. The highest BCUT2D eigenvalue weighted by molar-refractivity contribution is 6.31. The van der Waals surface area contributed by atoms with Gasteiger partial charge in [0.15, 0.2) is 11.2 Å². The van der Waals surface area contributed by atoms with Gasteiger partial charge in [0.05, 0.1) is 12.5 Å². The number of amides is 1. The zero-order chi connectivity index (χ0) is 22.2. The lowest BCUT2D eigenvalue weighted by Crippen LogP contribution is -2.11. The fourth-order valence-electron chi connectivity index (χ4n) is 3.45. The van der Waals surface area contributed by atoms with Crippen LogP contribution in [0.2, 0.25) is 5.02 Å². The molecule has 0 fully saturated rings. The molecule has 5 aromatic rings. The second-order valence-corrected chi connectivity index (χ2v) is 7.60. The molecule has 7 heteroatoms. The monoisotopic (exact) mass is 445 g/mol. The van der Waals surface area contributed by atoms with Gasteiger partial charge in [-0.05, 0) is 66.7 Å². The van der Waals surface area contributed by atoms with Crippen molar-refractivity contribution in [2.24, 2.45) is 0 Å². The maximum Gasteiger partial charge on any atom is 0.291 e. The van der Waals surface area contributed by atoms with E-state index in [0.29, 0.717) is 38.8 Å². The third-order valence-corrected chi connectivity index (χ3v) is 5.30. The van der Waals surface area contributed by atoms with Crippen molar-refractivity contribution in [3.63, 3.8) is 0 Å². The van der Waals surface area contributed by atoms with E-state index in [4.69, 9.17) is 25.2 Å². The van der Waals surface area contributed by atoms with Gasteiger partial charge in [-0.3, -0.25) is 9.59 Å². The van der Waals surface area contributed by atoms with Gasteiger partial charge in [0.2, 0.25) is 0 Å². The summed E-state index contributed by atoms with van der Waals surface area (Å²) in [6, 6.07) is 20.3. The molecule has 6 nitrogen and oxygen atoms in total. The number of carbonyl (C=O) groups is 1. The van der Waals surface area contributed by atoms with E-state index in [0.717, 1.165) is 10.9 Å². The zero-order valence-corrected chi connectivity index (χ0v) is 17.6. The van der Waals surface area contributed by atoms with E-state index in [2.05, 4.69) is 5.32 Å². The van der Waals surface area contributed by atoms with Crippen LogP contribution in [0.15, 0.2) is 86.4 Å². The molecule has 0 spiro atoms. The molecule has 2 heterocycles. The number of benzene rings is 3. The Morgan fingerprint density at radius 2 is 1.69 bits per heavy atom. The fourth-order valence-corrected chi connectivity index (χ4v) is 3.63. The van der Waals surface area contributed by atoms with Crippen LogP contribution in [0.3, 0.4) is 0 Å². The van der Waals surface area contributed by atoms with Crippen molar-refractivity contribution < 1.29 is 18.4 Å². The highest BCUT2D eigenvalue weighted by atomic mass is 35.5. The molecule has 5 rings (SSSR count). The molecule has 0 aliphatic carbocycles. The summed E-state index contributed by atoms with van der Waals surface area (Å²) in [5, 5.41) is 4.40. The smallest absolute Gasteiger partial charge is 0.291 e. The van der Waals surface area contributed by atoms with Crippen LogP contribution < -0.4 is 15.5 Å². The number of furan rings is 1. The molecule has 3 aromatic carbocycles. The Morgan fingerprint density at radius 1 is 0.906 bits per heavy atom. The van der Waals surface area contributed by atoms with E-state index in [1.807, 2.05) is 12.1 Å². The summed E-state index contributed by atoms with van der Waals surface area (Å²) in [7, 11) is 1.59. The second kappa shape index (κ2) is 7.90. The number of fused-ring (bicyclic) bond motifs is 2. The van der Waals surface area contributed by atoms with Gasteiger partial charge in [0.1, 0.15) is 22.7 Å². The summed E-state index contributed by atoms with van der Waals surface area (Å²) in [6.07, 6.45) is 0. The molecule has 1 amide bonds. The Kier molecular flexibility index (Phi) is 4.92. The summed E-state index contributed by atoms with van der Waals surface area (Å²) >= 11 is 5.99. The number of rotatable bonds is 4. The highest BCUT2D eigenvalue weighted by Crippen LogP contribution is 2.27. The van der Waals surface area contributed by atoms with Crippen LogP contribution in [0.25, 0.3) is 33.3 Å². The van der Waals surface area contributed by atoms with Gasteiger partial charge in [-0.1, -0.05) is 11.6 Å². The van der Waals surface area contributed by atoms with Gasteiger partial charge in [-0.2, -0.15) is 0 Å². The lowest BCUT2D eigenvalue weighted by Gasteiger charge is -2.07. The average Bonchev–Trinajstić information content (AvgIpc) is 3.23. The largest absolute Gasteiger partial charge is 0.497 e. The van der Waals surface area contributed by atoms with E-state index in [1.54, 1.807) is 61.7 Å². The molecule has 0 aliphatic rings. The molecule has 0 saturated carbocycles. The van der Waals surface area contributed by atoms with Crippen LogP contribution >= 0.6 is 11.6 Å². The summed E-state index contributed by atoms with van der Waals surface area (Å²) in [5.74, 6) is 0.868. The van der Waals surface area contributed by atoms with Crippen molar-refractivity contribution in [3.05, 3.63) is 93.8 Å². The van der Waals surface area contributed by atoms with Crippen molar-refractivity contribution in [1.29, 1.82) is 0 Å². The van der Waals surface area contributed by atoms with E-state index < -0.39 is 5.91 Å². The highest BCUT2D eigenvalue weighted by Gasteiger charge is 2.14. The maximum absolute atomic E-state index is 12.7. The molecule has 158 valence electrons. The Labute approximate surface area is 187 Å². The molecule has 2 aromatic heterocycles. The number of nitrogens with one attached hydrogen (secondary N) is 1. The number of hydrogen-bond acceptors (Lipinski definition) is 5. The molecule has 0 unspecified atom stereocenters. The van der Waals surface area contributed by atoms with Gasteiger partial charge in [-0.25, -0.2) is 0 Å². The predicted molar refractivity (Wildman–Crippen MR) is 124 cm³/mol. The third kappa shape index (κ3) is 3.72. The van der Waals surface area contributed by atoms with Crippen LogP contribution in [-0.2, 0) is 0 Å². The van der Waals surface area contributed by atoms with Crippen molar-refractivity contribution >= 4 is 45.1 Å². The van der Waals surface area contributed by atoms with E-state index >= 15 is 0 Å². The number of ether oxygens (including phenoxy) is 1. The van der Waals surface area contributed by atoms with Gasteiger partial charge >= 0.3 is 0 Å². The number of carbonyl (C=O) groups excluding carboxylic acids is 1. The molecule has 0 aliphatic heterocycles. The Hall–Kier alpha value is -4.03. The summed E-state index contributed by atoms with van der Waals surface area (Å²) in [6.45, 7) is 0. The first-order chi connectivity index (χ1) is 15.5. The van der Waals surface area contributed by atoms with Crippen molar-refractivity contribution in [2.45, 2.75) is 0 Å². The zero-order valence-electron chi connectivity index (χ0n) is 16.8. The van der Waals surface area contributed by atoms with Crippen molar-refractivity contribution in [3.8, 4) is 17.1 Å². The van der Waals surface area contributed by atoms with Gasteiger partial charge < -0.3 is 18.9 Å². The number of methoxy groups -OCH3 is 1. The SMILES string of the molecule is COc1ccc(-c2cc(=O)c3cc(NC(=O)c4cc5cc(Cl)ccc5o4)ccc3o2)cc1. The molecule has 0 bridgehead atoms. The minimum atomic E-state index is -0.434. The van der Waals surface area contributed by atoms with E-state index in [9.17, 15) is 9.59 Å². The molecule has 0 atom stereocenters. The molecule has 0 saturated heterocycles. The van der Waals surface area contributed by atoms with Gasteiger partial charge in [0.25, 0.3) is 5.91 Å². The second-order valence-electron chi connectivity index (χ2n) is 7.16. The molecular weight excluding hydrogens is 430 g/mol. The Morgan fingerprint density at radius 3 is 2.47 bits per heavy atom. The number of hydrogen-bond donors (Lipinski definition) is 1. The molecule has 32 heavy (non-hydrogen) atoms. The molecule has 1 N–H and O–H groups in total. The van der Waals surface area contributed by atoms with E-state index in [-0.39, 0.29) is 11.2 Å². The topological polar surface area (TPSA) is 81.7 Å². The first-order valence-electron chi connectivity index (χ1n) is 9.73. The first kappa shape index (κ1) is 19.9. The van der Waals surface area contributed by atoms with Crippen LogP contribution in [0, 0.1) is 0 Å². The average molecular weight is 446 g/mol. The Bertz CT molecular complexity index is 1530. The van der Waals surface area contributed by atoms with E-state index in [1.165, 1.54) is 6.07 Å². The van der Waals surface area contributed by atoms with Crippen LogP contribution in [0.1, 0.15) is 10.6 Å². The van der Waals surface area contributed by atoms with Gasteiger partial charge in [-0.15, -0.1) is 0 Å². The standard InChI is InChI=1S/C25H16ClNO5/c1-30-18-6-2-14(3-7-18)23-13-20(28)19-12-17(5-9-22(19)32-23)27-25(29)24-11-15-10-16(26)4-8-21(15)31-24/h2-13H,1H3,(H,27,29). The molecular formula is C25H16ClNO5. The van der Waals surface area contributed by atoms with Crippen LogP contribution in [-0.4, -0.2) is 13.0 Å². The number of anilines is 1.